The highest BCUT2D eigenvalue weighted by atomic mass is 35.5. The van der Waals surface area contributed by atoms with Crippen LogP contribution in [0.15, 0.2) is 12.1 Å². The van der Waals surface area contributed by atoms with E-state index in [1.54, 1.807) is 4.90 Å². The molecule has 0 saturated carbocycles. The van der Waals surface area contributed by atoms with Crippen LogP contribution in [-0.2, 0) is 0 Å². The number of β-amino-alcohol motifs (C(OH)–C–C–N with tert-alkyl or cyclic N) is 1. The number of benzene rings is 1. The number of aliphatic hydroxyl groups is 1. The van der Waals surface area contributed by atoms with Crippen molar-refractivity contribution in [2.75, 3.05) is 18.0 Å². The maximum Gasteiger partial charge on any atom is 0.294 e. The summed E-state index contributed by atoms with van der Waals surface area (Å²) in [6.45, 7) is 1.04. The second kappa shape index (κ2) is 5.30. The van der Waals surface area contributed by atoms with Crippen molar-refractivity contribution in [2.24, 2.45) is 0 Å². The minimum Gasteiger partial charge on any atom is -0.391 e. The predicted octanol–water partition coefficient (Wildman–Crippen LogP) is 2.86. The number of piperidine rings is 1. The molecule has 1 unspecified atom stereocenters. The molecule has 0 radical (unpaired) electrons. The lowest BCUT2D eigenvalue weighted by molar-refractivity contribution is -0.384. The lowest BCUT2D eigenvalue weighted by Gasteiger charge is -2.31. The van der Waals surface area contributed by atoms with Crippen LogP contribution < -0.4 is 4.90 Å². The highest BCUT2D eigenvalue weighted by molar-refractivity contribution is 6.42. The average Bonchev–Trinajstić information content (AvgIpc) is 2.31. The van der Waals surface area contributed by atoms with Gasteiger partial charge in [-0.3, -0.25) is 10.1 Å². The SMILES string of the molecule is O=[N+]([O-])c1cc(Cl)c(Cl)cc1N1CCCC(O)C1. The van der Waals surface area contributed by atoms with E-state index in [0.717, 1.165) is 6.42 Å². The van der Waals surface area contributed by atoms with Gasteiger partial charge in [0.1, 0.15) is 5.69 Å². The molecule has 1 aromatic rings. The second-order valence-corrected chi connectivity index (χ2v) is 5.07. The Labute approximate surface area is 114 Å². The van der Waals surface area contributed by atoms with Crippen LogP contribution in [0.1, 0.15) is 12.8 Å². The number of nitro benzene ring substituents is 1. The zero-order valence-electron chi connectivity index (χ0n) is 9.47. The number of nitro groups is 1. The molecule has 1 saturated heterocycles. The van der Waals surface area contributed by atoms with Crippen LogP contribution in [0.3, 0.4) is 0 Å². The third-order valence-electron chi connectivity index (χ3n) is 2.95. The highest BCUT2D eigenvalue weighted by Crippen LogP contribution is 2.37. The number of rotatable bonds is 2. The lowest BCUT2D eigenvalue weighted by atomic mass is 10.1. The van der Waals surface area contributed by atoms with E-state index in [0.29, 0.717) is 25.2 Å². The molecule has 1 heterocycles. The molecule has 1 aliphatic rings. The first-order valence-electron chi connectivity index (χ1n) is 5.55. The van der Waals surface area contributed by atoms with E-state index in [1.165, 1.54) is 12.1 Å². The Bertz CT molecular complexity index is 482. The summed E-state index contributed by atoms with van der Waals surface area (Å²) in [5.74, 6) is 0. The van der Waals surface area contributed by atoms with E-state index < -0.39 is 11.0 Å². The third kappa shape index (κ3) is 2.68. The Balaban J connectivity index is 2.41. The summed E-state index contributed by atoms with van der Waals surface area (Å²) in [6.07, 6.45) is 1.04. The number of nitrogens with zero attached hydrogens (tertiary/aromatic N) is 2. The summed E-state index contributed by atoms with van der Waals surface area (Å²) in [6, 6.07) is 2.74. The van der Waals surface area contributed by atoms with Gasteiger partial charge in [-0.25, -0.2) is 0 Å². The molecule has 2 rings (SSSR count). The van der Waals surface area contributed by atoms with Gasteiger partial charge in [-0.15, -0.1) is 0 Å². The molecule has 1 aliphatic heterocycles. The van der Waals surface area contributed by atoms with Crippen LogP contribution in [0, 0.1) is 10.1 Å². The summed E-state index contributed by atoms with van der Waals surface area (Å²) in [5, 5.41) is 21.1. The first-order chi connectivity index (χ1) is 8.49. The van der Waals surface area contributed by atoms with Crippen molar-refractivity contribution < 1.29 is 10.0 Å². The normalized spacial score (nSPS) is 19.9. The van der Waals surface area contributed by atoms with Crippen molar-refractivity contribution in [3.63, 3.8) is 0 Å². The van der Waals surface area contributed by atoms with Crippen molar-refractivity contribution in [2.45, 2.75) is 18.9 Å². The fourth-order valence-corrected chi connectivity index (χ4v) is 2.41. The standard InChI is InChI=1S/C11H12Cl2N2O3/c12-8-4-10(11(15(17)18)5-9(8)13)14-3-1-2-7(16)6-14/h4-5,7,16H,1-3,6H2. The summed E-state index contributed by atoms with van der Waals surface area (Å²) in [5.41, 5.74) is 0.326. The van der Waals surface area contributed by atoms with Gasteiger partial charge in [-0.2, -0.15) is 0 Å². The summed E-state index contributed by atoms with van der Waals surface area (Å²) < 4.78 is 0. The Kier molecular flexibility index (Phi) is 3.94. The fraction of sp³-hybridized carbons (Fsp3) is 0.455. The number of aliphatic hydroxyl groups excluding tert-OH is 1. The fourth-order valence-electron chi connectivity index (χ4n) is 2.10. The predicted molar refractivity (Wildman–Crippen MR) is 70.6 cm³/mol. The molecular formula is C11H12Cl2N2O3. The molecule has 18 heavy (non-hydrogen) atoms. The van der Waals surface area contributed by atoms with Gasteiger partial charge < -0.3 is 10.0 Å². The molecule has 0 spiro atoms. The van der Waals surface area contributed by atoms with E-state index in [-0.39, 0.29) is 15.7 Å². The molecule has 0 amide bonds. The number of hydrogen-bond acceptors (Lipinski definition) is 4. The maximum atomic E-state index is 11.0. The van der Waals surface area contributed by atoms with Crippen LogP contribution in [-0.4, -0.2) is 29.2 Å². The van der Waals surface area contributed by atoms with Gasteiger partial charge in [0.05, 0.1) is 21.1 Å². The minimum absolute atomic E-state index is 0.0847. The first kappa shape index (κ1) is 13.4. The molecule has 1 aromatic carbocycles. The van der Waals surface area contributed by atoms with Crippen molar-refractivity contribution in [1.82, 2.24) is 0 Å². The quantitative estimate of drug-likeness (QED) is 0.672. The van der Waals surface area contributed by atoms with E-state index in [4.69, 9.17) is 23.2 Å². The number of anilines is 1. The van der Waals surface area contributed by atoms with Crippen LogP contribution in [0.2, 0.25) is 10.0 Å². The van der Waals surface area contributed by atoms with Crippen molar-refractivity contribution in [1.29, 1.82) is 0 Å². The molecule has 1 fully saturated rings. The van der Waals surface area contributed by atoms with Gasteiger partial charge in [0, 0.05) is 19.2 Å². The van der Waals surface area contributed by atoms with Crippen LogP contribution >= 0.6 is 23.2 Å². The Hall–Kier alpha value is -1.04. The van der Waals surface area contributed by atoms with Crippen LogP contribution in [0.25, 0.3) is 0 Å². The molecule has 1 atom stereocenters. The molecule has 0 aliphatic carbocycles. The Morgan fingerprint density at radius 1 is 1.39 bits per heavy atom. The molecule has 98 valence electrons. The lowest BCUT2D eigenvalue weighted by Crippen LogP contribution is -2.38. The van der Waals surface area contributed by atoms with Gasteiger partial charge in [-0.05, 0) is 18.9 Å². The van der Waals surface area contributed by atoms with Gasteiger partial charge >= 0.3 is 0 Å². The summed E-state index contributed by atoms with van der Waals surface area (Å²) in [7, 11) is 0. The largest absolute Gasteiger partial charge is 0.391 e. The summed E-state index contributed by atoms with van der Waals surface area (Å²) in [4.78, 5) is 12.3. The second-order valence-electron chi connectivity index (χ2n) is 4.25. The monoisotopic (exact) mass is 290 g/mol. The average molecular weight is 291 g/mol. The van der Waals surface area contributed by atoms with Crippen LogP contribution in [0.4, 0.5) is 11.4 Å². The molecule has 0 aromatic heterocycles. The van der Waals surface area contributed by atoms with Gasteiger partial charge in [0.25, 0.3) is 5.69 Å². The molecular weight excluding hydrogens is 279 g/mol. The minimum atomic E-state index is -0.488. The number of hydrogen-bond donors (Lipinski definition) is 1. The van der Waals surface area contributed by atoms with Gasteiger partial charge in [-0.1, -0.05) is 23.2 Å². The van der Waals surface area contributed by atoms with E-state index in [2.05, 4.69) is 0 Å². The topological polar surface area (TPSA) is 66.6 Å². The molecule has 1 N–H and O–H groups in total. The molecule has 0 bridgehead atoms. The zero-order chi connectivity index (χ0) is 13.3. The zero-order valence-corrected chi connectivity index (χ0v) is 11.0. The third-order valence-corrected chi connectivity index (χ3v) is 3.67. The number of halogens is 2. The van der Waals surface area contributed by atoms with E-state index in [1.807, 2.05) is 0 Å². The molecule has 7 heteroatoms. The first-order valence-corrected chi connectivity index (χ1v) is 6.31. The Morgan fingerprint density at radius 3 is 2.67 bits per heavy atom. The van der Waals surface area contributed by atoms with Crippen LogP contribution in [0.5, 0.6) is 0 Å². The maximum absolute atomic E-state index is 11.0. The smallest absolute Gasteiger partial charge is 0.294 e. The van der Waals surface area contributed by atoms with Gasteiger partial charge in [0.2, 0.25) is 0 Å². The summed E-state index contributed by atoms with van der Waals surface area (Å²) >= 11 is 11.7. The van der Waals surface area contributed by atoms with Crippen molar-refractivity contribution in [3.8, 4) is 0 Å². The highest BCUT2D eigenvalue weighted by Gasteiger charge is 2.25. The molecule has 5 nitrogen and oxygen atoms in total. The van der Waals surface area contributed by atoms with E-state index >= 15 is 0 Å². The Morgan fingerprint density at radius 2 is 2.06 bits per heavy atom. The van der Waals surface area contributed by atoms with Crippen molar-refractivity contribution >= 4 is 34.6 Å². The van der Waals surface area contributed by atoms with Gasteiger partial charge in [0.15, 0.2) is 0 Å². The van der Waals surface area contributed by atoms with E-state index in [9.17, 15) is 15.2 Å². The van der Waals surface area contributed by atoms with Crippen molar-refractivity contribution in [3.05, 3.63) is 32.3 Å².